The van der Waals surface area contributed by atoms with Gasteiger partial charge in [0.05, 0.1) is 12.2 Å². The van der Waals surface area contributed by atoms with E-state index in [1.807, 2.05) is 44.2 Å². The molecule has 0 atom stereocenters. The minimum atomic E-state index is 0.565. The Balaban J connectivity index is 1.65. The number of nitrogens with zero attached hydrogens (tertiary/aromatic N) is 3. The van der Waals surface area contributed by atoms with E-state index in [1.54, 1.807) is 0 Å². The van der Waals surface area contributed by atoms with Crippen molar-refractivity contribution in [1.82, 2.24) is 25.7 Å². The zero-order valence-electron chi connectivity index (χ0n) is 12.1. The standard InChI is InChI=1S/C15H17N5O/c1-10-11(2)21-14(17-10)9-16-8-13-15(19-20-18-13)12-6-4-3-5-7-12/h3-7,16H,8-9H2,1-2H3,(H,18,19,20). The summed E-state index contributed by atoms with van der Waals surface area (Å²) in [6, 6.07) is 9.98. The molecule has 0 amide bonds. The Morgan fingerprint density at radius 3 is 2.62 bits per heavy atom. The lowest BCUT2D eigenvalue weighted by Gasteiger charge is -2.02. The van der Waals surface area contributed by atoms with E-state index in [0.29, 0.717) is 19.0 Å². The van der Waals surface area contributed by atoms with Crippen LogP contribution < -0.4 is 5.32 Å². The Labute approximate surface area is 122 Å². The number of benzene rings is 1. The number of H-pyrrole nitrogens is 1. The summed E-state index contributed by atoms with van der Waals surface area (Å²) in [5.74, 6) is 1.55. The highest BCUT2D eigenvalue weighted by Crippen LogP contribution is 2.18. The molecule has 2 heterocycles. The van der Waals surface area contributed by atoms with Gasteiger partial charge >= 0.3 is 0 Å². The summed E-state index contributed by atoms with van der Waals surface area (Å²) in [7, 11) is 0. The lowest BCUT2D eigenvalue weighted by Crippen LogP contribution is -2.14. The Morgan fingerprint density at radius 1 is 1.10 bits per heavy atom. The second-order valence-electron chi connectivity index (χ2n) is 4.84. The smallest absolute Gasteiger partial charge is 0.208 e. The van der Waals surface area contributed by atoms with Crippen LogP contribution in [0.2, 0.25) is 0 Å². The minimum absolute atomic E-state index is 0.565. The Morgan fingerprint density at radius 2 is 1.90 bits per heavy atom. The van der Waals surface area contributed by atoms with Crippen molar-refractivity contribution in [3.8, 4) is 11.3 Å². The molecular weight excluding hydrogens is 266 g/mol. The first-order valence-corrected chi connectivity index (χ1v) is 6.82. The molecule has 0 fully saturated rings. The maximum absolute atomic E-state index is 5.53. The first-order valence-electron chi connectivity index (χ1n) is 6.82. The molecule has 6 heteroatoms. The van der Waals surface area contributed by atoms with E-state index in [1.165, 1.54) is 0 Å². The molecule has 0 unspecified atom stereocenters. The third kappa shape index (κ3) is 3.00. The molecule has 0 aliphatic carbocycles. The number of nitrogens with one attached hydrogen (secondary N) is 2. The highest BCUT2D eigenvalue weighted by Gasteiger charge is 2.10. The van der Waals surface area contributed by atoms with Crippen molar-refractivity contribution in [2.24, 2.45) is 0 Å². The Hall–Kier alpha value is -2.47. The van der Waals surface area contributed by atoms with Gasteiger partial charge in [0, 0.05) is 12.1 Å². The topological polar surface area (TPSA) is 79.6 Å². The van der Waals surface area contributed by atoms with Crippen LogP contribution in [0.15, 0.2) is 34.7 Å². The quantitative estimate of drug-likeness (QED) is 0.751. The molecule has 3 rings (SSSR count). The zero-order chi connectivity index (χ0) is 14.7. The van der Waals surface area contributed by atoms with E-state index >= 15 is 0 Å². The number of aryl methyl sites for hydroxylation is 2. The van der Waals surface area contributed by atoms with Crippen molar-refractivity contribution in [2.45, 2.75) is 26.9 Å². The van der Waals surface area contributed by atoms with Crippen LogP contribution in [0.5, 0.6) is 0 Å². The predicted molar refractivity (Wildman–Crippen MR) is 78.3 cm³/mol. The summed E-state index contributed by atoms with van der Waals surface area (Å²) in [4.78, 5) is 4.34. The minimum Gasteiger partial charge on any atom is -0.444 e. The second-order valence-corrected chi connectivity index (χ2v) is 4.84. The number of hydrogen-bond acceptors (Lipinski definition) is 5. The van der Waals surface area contributed by atoms with Crippen LogP contribution in [0.1, 0.15) is 23.0 Å². The predicted octanol–water partition coefficient (Wildman–Crippen LogP) is 2.37. The molecule has 21 heavy (non-hydrogen) atoms. The van der Waals surface area contributed by atoms with Crippen molar-refractivity contribution < 1.29 is 4.42 Å². The first kappa shape index (κ1) is 13.5. The fraction of sp³-hybridized carbons (Fsp3) is 0.267. The average molecular weight is 283 g/mol. The van der Waals surface area contributed by atoms with Crippen LogP contribution in [0.3, 0.4) is 0 Å². The molecule has 108 valence electrons. The van der Waals surface area contributed by atoms with Gasteiger partial charge in [-0.05, 0) is 13.8 Å². The molecule has 0 aliphatic heterocycles. The molecule has 1 aromatic carbocycles. The van der Waals surface area contributed by atoms with E-state index < -0.39 is 0 Å². The van der Waals surface area contributed by atoms with Crippen LogP contribution in [-0.2, 0) is 13.1 Å². The summed E-state index contributed by atoms with van der Waals surface area (Å²) in [6.45, 7) is 5.02. The van der Waals surface area contributed by atoms with Gasteiger partial charge in [0.2, 0.25) is 5.89 Å². The van der Waals surface area contributed by atoms with Gasteiger partial charge in [-0.3, -0.25) is 0 Å². The van der Waals surface area contributed by atoms with Gasteiger partial charge in [0.1, 0.15) is 17.1 Å². The first-order chi connectivity index (χ1) is 10.2. The molecule has 0 radical (unpaired) electrons. The average Bonchev–Trinajstić information content (AvgIpc) is 3.08. The van der Waals surface area contributed by atoms with Crippen LogP contribution in [0.4, 0.5) is 0 Å². The molecular formula is C15H17N5O. The van der Waals surface area contributed by atoms with Crippen LogP contribution >= 0.6 is 0 Å². The number of aromatic amines is 1. The van der Waals surface area contributed by atoms with Crippen molar-refractivity contribution in [2.75, 3.05) is 0 Å². The molecule has 0 bridgehead atoms. The molecule has 2 N–H and O–H groups in total. The third-order valence-electron chi connectivity index (χ3n) is 3.31. The summed E-state index contributed by atoms with van der Waals surface area (Å²) in [5, 5.41) is 14.4. The Kier molecular flexibility index (Phi) is 3.79. The highest BCUT2D eigenvalue weighted by atomic mass is 16.4. The van der Waals surface area contributed by atoms with E-state index in [-0.39, 0.29) is 0 Å². The van der Waals surface area contributed by atoms with E-state index in [4.69, 9.17) is 4.42 Å². The fourth-order valence-corrected chi connectivity index (χ4v) is 2.11. The molecule has 0 saturated carbocycles. The van der Waals surface area contributed by atoms with Gasteiger partial charge in [-0.15, -0.1) is 0 Å². The zero-order valence-corrected chi connectivity index (χ0v) is 12.1. The Bertz CT molecular complexity index is 697. The summed E-state index contributed by atoms with van der Waals surface area (Å²) < 4.78 is 5.53. The molecule has 3 aromatic rings. The number of hydrogen-bond donors (Lipinski definition) is 2. The largest absolute Gasteiger partial charge is 0.444 e. The maximum atomic E-state index is 5.53. The van der Waals surface area contributed by atoms with Crippen molar-refractivity contribution >= 4 is 0 Å². The molecule has 0 aliphatic rings. The van der Waals surface area contributed by atoms with Crippen LogP contribution in [0.25, 0.3) is 11.3 Å². The number of rotatable bonds is 5. The maximum Gasteiger partial charge on any atom is 0.208 e. The summed E-state index contributed by atoms with van der Waals surface area (Å²) in [5.41, 5.74) is 3.72. The molecule has 6 nitrogen and oxygen atoms in total. The van der Waals surface area contributed by atoms with Crippen molar-refractivity contribution in [1.29, 1.82) is 0 Å². The van der Waals surface area contributed by atoms with Crippen molar-refractivity contribution in [3.63, 3.8) is 0 Å². The molecule has 0 saturated heterocycles. The molecule has 2 aromatic heterocycles. The van der Waals surface area contributed by atoms with Gasteiger partial charge in [0.15, 0.2) is 0 Å². The van der Waals surface area contributed by atoms with E-state index in [2.05, 4.69) is 25.7 Å². The lowest BCUT2D eigenvalue weighted by molar-refractivity contribution is 0.448. The van der Waals surface area contributed by atoms with Gasteiger partial charge in [-0.2, -0.15) is 15.4 Å². The van der Waals surface area contributed by atoms with Crippen molar-refractivity contribution in [3.05, 3.63) is 53.4 Å². The SMILES string of the molecule is Cc1nc(CNCc2n[nH]nc2-c2ccccc2)oc1C. The van der Waals surface area contributed by atoms with Crippen LogP contribution in [0, 0.1) is 13.8 Å². The third-order valence-corrected chi connectivity index (χ3v) is 3.31. The van der Waals surface area contributed by atoms with E-state index in [9.17, 15) is 0 Å². The van der Waals surface area contributed by atoms with E-state index in [0.717, 1.165) is 28.4 Å². The molecule has 0 spiro atoms. The summed E-state index contributed by atoms with van der Waals surface area (Å²) in [6.07, 6.45) is 0. The van der Waals surface area contributed by atoms with Crippen LogP contribution in [-0.4, -0.2) is 20.4 Å². The summed E-state index contributed by atoms with van der Waals surface area (Å²) >= 11 is 0. The van der Waals surface area contributed by atoms with Gasteiger partial charge in [-0.1, -0.05) is 30.3 Å². The van der Waals surface area contributed by atoms with Gasteiger partial charge in [0.25, 0.3) is 0 Å². The number of aromatic nitrogens is 4. The monoisotopic (exact) mass is 283 g/mol. The normalized spacial score (nSPS) is 11.0. The van der Waals surface area contributed by atoms with Gasteiger partial charge < -0.3 is 9.73 Å². The fourth-order valence-electron chi connectivity index (χ4n) is 2.11. The highest BCUT2D eigenvalue weighted by molar-refractivity contribution is 5.60. The van der Waals surface area contributed by atoms with Gasteiger partial charge in [-0.25, -0.2) is 4.98 Å². The number of oxazole rings is 1. The second kappa shape index (κ2) is 5.88. The lowest BCUT2D eigenvalue weighted by atomic mass is 10.1.